The van der Waals surface area contributed by atoms with Crippen molar-refractivity contribution in [3.8, 4) is 0 Å². The summed E-state index contributed by atoms with van der Waals surface area (Å²) < 4.78 is 0. The van der Waals surface area contributed by atoms with Gasteiger partial charge in [-0.05, 0) is 25.3 Å². The van der Waals surface area contributed by atoms with Crippen molar-refractivity contribution in [2.24, 2.45) is 5.92 Å². The standard InChI is InChI=1S/C14H22N2O3/c1-9(2)14(17)8-15-11(4)12-6-5-10(3)13(7-12)16(18)19/h5-7,9,11,14-15,17H,8H2,1-4H3. The van der Waals surface area contributed by atoms with E-state index in [2.05, 4.69) is 5.32 Å². The zero-order valence-electron chi connectivity index (χ0n) is 11.9. The molecular weight excluding hydrogens is 244 g/mol. The van der Waals surface area contributed by atoms with Crippen LogP contribution < -0.4 is 5.32 Å². The lowest BCUT2D eigenvalue weighted by atomic mass is 10.0. The molecule has 0 saturated carbocycles. The third-order valence-corrected chi connectivity index (χ3v) is 3.33. The number of nitrogens with zero attached hydrogens (tertiary/aromatic N) is 1. The molecule has 19 heavy (non-hydrogen) atoms. The minimum Gasteiger partial charge on any atom is -0.392 e. The van der Waals surface area contributed by atoms with E-state index in [-0.39, 0.29) is 22.6 Å². The minimum absolute atomic E-state index is 0.0345. The van der Waals surface area contributed by atoms with E-state index in [1.54, 1.807) is 19.1 Å². The molecular formula is C14H22N2O3. The number of benzene rings is 1. The molecule has 106 valence electrons. The molecule has 1 aromatic rings. The third kappa shape index (κ3) is 4.29. The Balaban J connectivity index is 2.75. The Hall–Kier alpha value is -1.46. The minimum atomic E-state index is -0.414. The summed E-state index contributed by atoms with van der Waals surface area (Å²) in [7, 11) is 0. The normalized spacial score (nSPS) is 14.4. The van der Waals surface area contributed by atoms with Crippen molar-refractivity contribution in [3.63, 3.8) is 0 Å². The van der Waals surface area contributed by atoms with Crippen LogP contribution in [0.5, 0.6) is 0 Å². The van der Waals surface area contributed by atoms with E-state index in [1.807, 2.05) is 26.8 Å². The fourth-order valence-corrected chi connectivity index (χ4v) is 1.74. The molecule has 0 fully saturated rings. The summed E-state index contributed by atoms with van der Waals surface area (Å²) in [6, 6.07) is 5.19. The van der Waals surface area contributed by atoms with Crippen molar-refractivity contribution >= 4 is 5.69 Å². The van der Waals surface area contributed by atoms with Gasteiger partial charge in [0.1, 0.15) is 0 Å². The van der Waals surface area contributed by atoms with E-state index >= 15 is 0 Å². The Bertz CT molecular complexity index is 446. The topological polar surface area (TPSA) is 75.4 Å². The molecule has 0 heterocycles. The molecule has 0 aromatic heterocycles. The van der Waals surface area contributed by atoms with E-state index in [4.69, 9.17) is 0 Å². The summed E-state index contributed by atoms with van der Waals surface area (Å²) in [5.41, 5.74) is 1.65. The van der Waals surface area contributed by atoms with Crippen LogP contribution in [0.1, 0.15) is 37.9 Å². The van der Waals surface area contributed by atoms with Crippen LogP contribution in [0.4, 0.5) is 5.69 Å². The predicted octanol–water partition coefficient (Wildman–Crippen LogP) is 2.57. The van der Waals surface area contributed by atoms with Gasteiger partial charge in [-0.15, -0.1) is 0 Å². The number of rotatable bonds is 6. The van der Waals surface area contributed by atoms with Crippen molar-refractivity contribution in [1.82, 2.24) is 5.32 Å². The highest BCUT2D eigenvalue weighted by Crippen LogP contribution is 2.23. The molecule has 1 rings (SSSR count). The second-order valence-electron chi connectivity index (χ2n) is 5.24. The summed E-state index contributed by atoms with van der Waals surface area (Å²) >= 11 is 0. The number of aliphatic hydroxyl groups is 1. The van der Waals surface area contributed by atoms with Crippen LogP contribution in [0.15, 0.2) is 18.2 Å². The van der Waals surface area contributed by atoms with Gasteiger partial charge in [-0.2, -0.15) is 0 Å². The van der Waals surface area contributed by atoms with Crippen molar-refractivity contribution in [3.05, 3.63) is 39.4 Å². The Labute approximate surface area is 113 Å². The van der Waals surface area contributed by atoms with Crippen molar-refractivity contribution in [1.29, 1.82) is 0 Å². The molecule has 2 unspecified atom stereocenters. The summed E-state index contributed by atoms with van der Waals surface area (Å²) in [6.07, 6.45) is -0.414. The molecule has 0 aliphatic heterocycles. The molecule has 5 heteroatoms. The Morgan fingerprint density at radius 1 is 1.37 bits per heavy atom. The van der Waals surface area contributed by atoms with Crippen LogP contribution in [0.3, 0.4) is 0 Å². The van der Waals surface area contributed by atoms with Crippen LogP contribution in [0.2, 0.25) is 0 Å². The molecule has 0 aliphatic carbocycles. The highest BCUT2D eigenvalue weighted by atomic mass is 16.6. The Morgan fingerprint density at radius 3 is 2.53 bits per heavy atom. The summed E-state index contributed by atoms with van der Waals surface area (Å²) in [5.74, 6) is 0.187. The molecule has 0 bridgehead atoms. The highest BCUT2D eigenvalue weighted by molar-refractivity contribution is 5.43. The SMILES string of the molecule is Cc1ccc(C(C)NCC(O)C(C)C)cc1[N+](=O)[O-]. The lowest BCUT2D eigenvalue weighted by Crippen LogP contribution is -2.32. The van der Waals surface area contributed by atoms with Gasteiger partial charge in [0.15, 0.2) is 0 Å². The van der Waals surface area contributed by atoms with E-state index in [0.717, 1.165) is 5.56 Å². The monoisotopic (exact) mass is 266 g/mol. The first kappa shape index (κ1) is 15.6. The second-order valence-corrected chi connectivity index (χ2v) is 5.24. The van der Waals surface area contributed by atoms with Gasteiger partial charge in [-0.25, -0.2) is 0 Å². The smallest absolute Gasteiger partial charge is 0.272 e. The number of nitro benzene ring substituents is 1. The van der Waals surface area contributed by atoms with E-state index < -0.39 is 6.10 Å². The zero-order chi connectivity index (χ0) is 14.6. The summed E-state index contributed by atoms with van der Waals surface area (Å²) in [6.45, 7) is 8.03. The third-order valence-electron chi connectivity index (χ3n) is 3.33. The molecule has 5 nitrogen and oxygen atoms in total. The van der Waals surface area contributed by atoms with Gasteiger partial charge < -0.3 is 10.4 Å². The van der Waals surface area contributed by atoms with Gasteiger partial charge in [0, 0.05) is 24.2 Å². The Kier molecular flexibility index (Phi) is 5.44. The second kappa shape index (κ2) is 6.63. The molecule has 0 amide bonds. The number of aliphatic hydroxyl groups excluding tert-OH is 1. The molecule has 0 radical (unpaired) electrons. The van der Waals surface area contributed by atoms with Crippen LogP contribution in [-0.2, 0) is 0 Å². The fraction of sp³-hybridized carbons (Fsp3) is 0.571. The lowest BCUT2D eigenvalue weighted by molar-refractivity contribution is -0.385. The number of hydrogen-bond donors (Lipinski definition) is 2. The van der Waals surface area contributed by atoms with Crippen LogP contribution in [0.25, 0.3) is 0 Å². The average Bonchev–Trinajstić information content (AvgIpc) is 2.35. The fourth-order valence-electron chi connectivity index (χ4n) is 1.74. The van der Waals surface area contributed by atoms with Crippen molar-refractivity contribution < 1.29 is 10.0 Å². The largest absolute Gasteiger partial charge is 0.392 e. The van der Waals surface area contributed by atoms with E-state index in [0.29, 0.717) is 12.1 Å². The molecule has 0 spiro atoms. The Morgan fingerprint density at radius 2 is 2.00 bits per heavy atom. The van der Waals surface area contributed by atoms with Gasteiger partial charge in [0.25, 0.3) is 5.69 Å². The van der Waals surface area contributed by atoms with Crippen LogP contribution in [-0.4, -0.2) is 22.7 Å². The zero-order valence-corrected chi connectivity index (χ0v) is 11.9. The average molecular weight is 266 g/mol. The molecule has 2 N–H and O–H groups in total. The predicted molar refractivity (Wildman–Crippen MR) is 75.1 cm³/mol. The quantitative estimate of drug-likeness (QED) is 0.613. The van der Waals surface area contributed by atoms with Gasteiger partial charge in [-0.3, -0.25) is 10.1 Å². The van der Waals surface area contributed by atoms with Crippen molar-refractivity contribution in [2.75, 3.05) is 6.54 Å². The first-order valence-electron chi connectivity index (χ1n) is 6.49. The molecule has 1 aromatic carbocycles. The van der Waals surface area contributed by atoms with Crippen molar-refractivity contribution in [2.45, 2.75) is 39.8 Å². The maximum Gasteiger partial charge on any atom is 0.272 e. The highest BCUT2D eigenvalue weighted by Gasteiger charge is 2.15. The number of nitro groups is 1. The first-order valence-corrected chi connectivity index (χ1v) is 6.49. The number of nitrogens with one attached hydrogen (secondary N) is 1. The summed E-state index contributed by atoms with van der Waals surface area (Å²) in [5, 5.41) is 23.8. The number of hydrogen-bond acceptors (Lipinski definition) is 4. The maximum absolute atomic E-state index is 10.9. The first-order chi connectivity index (χ1) is 8.82. The molecule has 0 aliphatic rings. The van der Waals surface area contributed by atoms with Crippen LogP contribution in [0, 0.1) is 23.0 Å². The lowest BCUT2D eigenvalue weighted by Gasteiger charge is -2.19. The number of aryl methyl sites for hydroxylation is 1. The molecule has 0 saturated heterocycles. The van der Waals surface area contributed by atoms with Crippen LogP contribution >= 0.6 is 0 Å². The summed E-state index contributed by atoms with van der Waals surface area (Å²) in [4.78, 5) is 10.5. The molecule has 2 atom stereocenters. The van der Waals surface area contributed by atoms with E-state index in [9.17, 15) is 15.2 Å². The van der Waals surface area contributed by atoms with Gasteiger partial charge >= 0.3 is 0 Å². The van der Waals surface area contributed by atoms with E-state index in [1.165, 1.54) is 0 Å². The van der Waals surface area contributed by atoms with Gasteiger partial charge in [0.05, 0.1) is 11.0 Å². The van der Waals surface area contributed by atoms with Gasteiger partial charge in [-0.1, -0.05) is 26.0 Å². The van der Waals surface area contributed by atoms with Gasteiger partial charge in [0.2, 0.25) is 0 Å². The maximum atomic E-state index is 10.9.